The highest BCUT2D eigenvalue weighted by molar-refractivity contribution is 5.76. The van der Waals surface area contributed by atoms with E-state index in [1.807, 2.05) is 0 Å². The van der Waals surface area contributed by atoms with Crippen molar-refractivity contribution in [3.05, 3.63) is 0 Å². The van der Waals surface area contributed by atoms with Gasteiger partial charge in [0.05, 0.1) is 25.4 Å². The molecule has 0 bridgehead atoms. The summed E-state index contributed by atoms with van der Waals surface area (Å²) in [6.45, 7) is 4.91. The molecule has 0 spiro atoms. The molecule has 0 radical (unpaired) electrons. The SMILES string of the molecule is CCCCCCCCCCCCCCC(=O)OCCCCCCCCCCCCCCC(=O)NC(CO)C(O)CCCCCCCCCCCCCC. The number of hydrogen-bond acceptors (Lipinski definition) is 5. The van der Waals surface area contributed by atoms with Crippen LogP contribution >= 0.6 is 0 Å². The number of amides is 1. The Labute approximate surface area is 330 Å². The van der Waals surface area contributed by atoms with Gasteiger partial charge in [-0.05, 0) is 25.7 Å². The Balaban J connectivity index is 3.45. The van der Waals surface area contributed by atoms with Crippen LogP contribution in [-0.4, -0.2) is 47.4 Å². The summed E-state index contributed by atoms with van der Waals surface area (Å²) < 4.78 is 5.44. The number of rotatable bonds is 44. The van der Waals surface area contributed by atoms with Crippen molar-refractivity contribution in [2.75, 3.05) is 13.2 Å². The number of nitrogens with one attached hydrogen (secondary N) is 1. The predicted molar refractivity (Wildman–Crippen MR) is 227 cm³/mol. The number of ether oxygens (including phenoxy) is 1. The Morgan fingerprint density at radius 3 is 1.15 bits per heavy atom. The van der Waals surface area contributed by atoms with Gasteiger partial charge in [0.1, 0.15) is 0 Å². The molecule has 6 heteroatoms. The highest BCUT2D eigenvalue weighted by Crippen LogP contribution is 2.16. The van der Waals surface area contributed by atoms with Crippen LogP contribution in [0, 0.1) is 0 Å². The van der Waals surface area contributed by atoms with Crippen LogP contribution in [0.15, 0.2) is 0 Å². The average molecular weight is 752 g/mol. The number of hydrogen-bond donors (Lipinski definition) is 3. The first-order valence-electron chi connectivity index (χ1n) is 23.8. The molecule has 0 aliphatic rings. The van der Waals surface area contributed by atoms with Crippen LogP contribution in [0.1, 0.15) is 264 Å². The number of aliphatic hydroxyl groups is 2. The maximum atomic E-state index is 12.4. The summed E-state index contributed by atoms with van der Waals surface area (Å²) in [7, 11) is 0. The number of unbranched alkanes of at least 4 members (excludes halogenated alkanes) is 33. The van der Waals surface area contributed by atoms with E-state index in [4.69, 9.17) is 4.74 Å². The second kappa shape index (κ2) is 43.6. The Bertz CT molecular complexity index is 746. The third-order valence-corrected chi connectivity index (χ3v) is 11.2. The van der Waals surface area contributed by atoms with Gasteiger partial charge in [0.25, 0.3) is 0 Å². The molecule has 0 aliphatic heterocycles. The quantitative estimate of drug-likeness (QED) is 0.0425. The lowest BCUT2D eigenvalue weighted by Crippen LogP contribution is -2.45. The molecule has 0 aromatic carbocycles. The summed E-state index contributed by atoms with van der Waals surface area (Å²) >= 11 is 0. The monoisotopic (exact) mass is 752 g/mol. The van der Waals surface area contributed by atoms with Crippen LogP contribution in [0.3, 0.4) is 0 Å². The van der Waals surface area contributed by atoms with Crippen molar-refractivity contribution < 1.29 is 24.5 Å². The second-order valence-electron chi connectivity index (χ2n) is 16.5. The molecular formula is C47H93NO5. The summed E-state index contributed by atoms with van der Waals surface area (Å²) in [6.07, 6.45) is 46.3. The van der Waals surface area contributed by atoms with Gasteiger partial charge >= 0.3 is 5.97 Å². The van der Waals surface area contributed by atoms with Crippen LogP contribution in [0.2, 0.25) is 0 Å². The van der Waals surface area contributed by atoms with E-state index in [1.54, 1.807) is 0 Å². The van der Waals surface area contributed by atoms with E-state index in [2.05, 4.69) is 19.2 Å². The van der Waals surface area contributed by atoms with Crippen molar-refractivity contribution in [3.63, 3.8) is 0 Å². The van der Waals surface area contributed by atoms with Crippen LogP contribution in [0.4, 0.5) is 0 Å². The number of aliphatic hydroxyl groups excluding tert-OH is 2. The van der Waals surface area contributed by atoms with Crippen molar-refractivity contribution in [1.82, 2.24) is 5.32 Å². The van der Waals surface area contributed by atoms with Gasteiger partial charge in [-0.2, -0.15) is 0 Å². The molecule has 1 amide bonds. The average Bonchev–Trinajstić information content (AvgIpc) is 3.16. The van der Waals surface area contributed by atoms with Gasteiger partial charge < -0.3 is 20.3 Å². The predicted octanol–water partition coefficient (Wildman–Crippen LogP) is 13.6. The molecule has 3 N–H and O–H groups in total. The van der Waals surface area contributed by atoms with Gasteiger partial charge in [0, 0.05) is 12.8 Å². The van der Waals surface area contributed by atoms with Gasteiger partial charge in [-0.3, -0.25) is 9.59 Å². The lowest BCUT2D eigenvalue weighted by atomic mass is 10.0. The molecule has 6 nitrogen and oxygen atoms in total. The topological polar surface area (TPSA) is 95.9 Å². The van der Waals surface area contributed by atoms with Gasteiger partial charge in [-0.1, -0.05) is 226 Å². The van der Waals surface area contributed by atoms with Crippen molar-refractivity contribution in [3.8, 4) is 0 Å². The Morgan fingerprint density at radius 2 is 0.774 bits per heavy atom. The van der Waals surface area contributed by atoms with E-state index in [-0.39, 0.29) is 18.5 Å². The van der Waals surface area contributed by atoms with Gasteiger partial charge in [0.15, 0.2) is 0 Å². The van der Waals surface area contributed by atoms with Crippen molar-refractivity contribution in [2.45, 2.75) is 276 Å². The Hall–Kier alpha value is -1.14. The first-order valence-corrected chi connectivity index (χ1v) is 23.8. The molecule has 0 heterocycles. The minimum absolute atomic E-state index is 0.00840. The van der Waals surface area contributed by atoms with E-state index in [9.17, 15) is 19.8 Å². The van der Waals surface area contributed by atoms with Gasteiger partial charge in [0.2, 0.25) is 5.91 Å². The Kier molecular flexibility index (Phi) is 42.6. The maximum Gasteiger partial charge on any atom is 0.305 e. The molecule has 2 unspecified atom stereocenters. The fraction of sp³-hybridized carbons (Fsp3) is 0.957. The van der Waals surface area contributed by atoms with E-state index in [1.165, 1.54) is 173 Å². The highest BCUT2D eigenvalue weighted by atomic mass is 16.5. The van der Waals surface area contributed by atoms with Gasteiger partial charge in [-0.25, -0.2) is 0 Å². The number of esters is 1. The van der Waals surface area contributed by atoms with E-state index >= 15 is 0 Å². The van der Waals surface area contributed by atoms with Crippen LogP contribution in [-0.2, 0) is 14.3 Å². The van der Waals surface area contributed by atoms with Crippen LogP contribution in [0.25, 0.3) is 0 Å². The van der Waals surface area contributed by atoms with Crippen LogP contribution < -0.4 is 5.32 Å². The van der Waals surface area contributed by atoms with E-state index < -0.39 is 12.1 Å². The van der Waals surface area contributed by atoms with Crippen molar-refractivity contribution in [1.29, 1.82) is 0 Å². The molecule has 0 fully saturated rings. The number of carbonyl (C=O) groups excluding carboxylic acids is 2. The molecule has 0 saturated carbocycles. The summed E-state index contributed by atoms with van der Waals surface area (Å²) in [4.78, 5) is 24.4. The molecule has 0 aliphatic carbocycles. The van der Waals surface area contributed by atoms with Crippen LogP contribution in [0.5, 0.6) is 0 Å². The van der Waals surface area contributed by atoms with Gasteiger partial charge in [-0.15, -0.1) is 0 Å². The zero-order chi connectivity index (χ0) is 38.7. The molecule has 0 aromatic rings. The second-order valence-corrected chi connectivity index (χ2v) is 16.5. The summed E-state index contributed by atoms with van der Waals surface area (Å²) in [6, 6.07) is -0.550. The molecule has 2 atom stereocenters. The number of carbonyl (C=O) groups is 2. The first-order chi connectivity index (χ1) is 26.0. The third kappa shape index (κ3) is 40.3. The fourth-order valence-corrected chi connectivity index (χ4v) is 7.46. The normalized spacial score (nSPS) is 12.6. The van der Waals surface area contributed by atoms with E-state index in [0.717, 1.165) is 57.8 Å². The summed E-state index contributed by atoms with van der Waals surface area (Å²) in [5.74, 6) is -0.0586. The molecule has 53 heavy (non-hydrogen) atoms. The first kappa shape index (κ1) is 51.9. The molecule has 316 valence electrons. The van der Waals surface area contributed by atoms with Crippen molar-refractivity contribution in [2.24, 2.45) is 0 Å². The summed E-state index contributed by atoms with van der Waals surface area (Å²) in [5, 5.41) is 23.1. The lowest BCUT2D eigenvalue weighted by Gasteiger charge is -2.22. The largest absolute Gasteiger partial charge is 0.466 e. The Morgan fingerprint density at radius 1 is 0.453 bits per heavy atom. The van der Waals surface area contributed by atoms with E-state index in [0.29, 0.717) is 25.9 Å². The molecule has 0 rings (SSSR count). The minimum Gasteiger partial charge on any atom is -0.466 e. The zero-order valence-corrected chi connectivity index (χ0v) is 35.8. The fourth-order valence-electron chi connectivity index (χ4n) is 7.46. The lowest BCUT2D eigenvalue weighted by molar-refractivity contribution is -0.143. The molecule has 0 aromatic heterocycles. The zero-order valence-electron chi connectivity index (χ0n) is 35.8. The highest BCUT2D eigenvalue weighted by Gasteiger charge is 2.20. The molecular weight excluding hydrogens is 659 g/mol. The molecule has 0 saturated heterocycles. The maximum absolute atomic E-state index is 12.4. The van der Waals surface area contributed by atoms with Crippen molar-refractivity contribution >= 4 is 11.9 Å². The standard InChI is InChI=1S/C47H93NO5/c1-3-5-7-9-11-13-15-19-23-27-31-35-39-45(50)44(43-49)48-46(51)40-36-32-28-24-20-17-18-22-26-30-34-38-42-53-47(52)41-37-33-29-25-21-16-14-12-10-8-6-4-2/h44-45,49-50H,3-43H2,1-2H3,(H,48,51). The summed E-state index contributed by atoms with van der Waals surface area (Å²) in [5.41, 5.74) is 0. The smallest absolute Gasteiger partial charge is 0.305 e. The minimum atomic E-state index is -0.671. The third-order valence-electron chi connectivity index (χ3n) is 11.2.